The molecule has 0 saturated carbocycles. The molecule has 3 heterocycles. The van der Waals surface area contributed by atoms with Crippen LogP contribution in [0.4, 0.5) is 17.3 Å². The van der Waals surface area contributed by atoms with E-state index in [1.807, 2.05) is 30.3 Å². The highest BCUT2D eigenvalue weighted by atomic mass is 35.5. The summed E-state index contributed by atoms with van der Waals surface area (Å²) in [6, 6.07) is 12.1. The number of benzene rings is 2. The standard InChI is InChI=1S/C26H27ClN4O4/c1-3-9-31(26-28-12-17(27)13-29-26)22-6-4-5-20-21(15-35-25(20)22)30-18-7-8-19-16(10-24(32)33-2)14-34-23(19)11-18/h4-8,11-13,16,21,30H,3,9-10,14-15H2,1-2H3/t16-,21-/m1/s1. The normalized spacial score (nSPS) is 17.7. The van der Waals surface area contributed by atoms with E-state index in [4.69, 9.17) is 25.8 Å². The van der Waals surface area contributed by atoms with Crippen LogP contribution in [0, 0.1) is 0 Å². The summed E-state index contributed by atoms with van der Waals surface area (Å²) in [6.45, 7) is 3.83. The Morgan fingerprint density at radius 2 is 2.00 bits per heavy atom. The average Bonchev–Trinajstić information content (AvgIpc) is 3.47. The van der Waals surface area contributed by atoms with Crippen molar-refractivity contribution < 1.29 is 19.0 Å². The molecule has 0 aliphatic carbocycles. The molecule has 2 atom stereocenters. The lowest BCUT2D eigenvalue weighted by Crippen LogP contribution is -2.20. The summed E-state index contributed by atoms with van der Waals surface area (Å²) in [5.41, 5.74) is 3.96. The molecule has 2 aliphatic heterocycles. The average molecular weight is 495 g/mol. The summed E-state index contributed by atoms with van der Waals surface area (Å²) in [5, 5.41) is 4.07. The van der Waals surface area contributed by atoms with Crippen molar-refractivity contribution in [1.82, 2.24) is 9.97 Å². The van der Waals surface area contributed by atoms with Crippen molar-refractivity contribution in [3.05, 3.63) is 64.9 Å². The number of halogens is 1. The number of nitrogens with zero attached hydrogens (tertiary/aromatic N) is 3. The van der Waals surface area contributed by atoms with Gasteiger partial charge in [0, 0.05) is 35.3 Å². The number of esters is 1. The number of nitrogens with one attached hydrogen (secondary N) is 1. The van der Waals surface area contributed by atoms with E-state index >= 15 is 0 Å². The van der Waals surface area contributed by atoms with Crippen LogP contribution in [0.2, 0.25) is 5.02 Å². The molecule has 2 aliphatic rings. The third kappa shape index (κ3) is 4.71. The van der Waals surface area contributed by atoms with Crippen LogP contribution in [0.5, 0.6) is 11.5 Å². The molecule has 0 spiro atoms. The van der Waals surface area contributed by atoms with E-state index in [0.29, 0.717) is 30.6 Å². The zero-order chi connectivity index (χ0) is 24.4. The van der Waals surface area contributed by atoms with Gasteiger partial charge < -0.3 is 24.4 Å². The lowest BCUT2D eigenvalue weighted by Gasteiger charge is -2.24. The van der Waals surface area contributed by atoms with E-state index < -0.39 is 0 Å². The molecule has 1 N–H and O–H groups in total. The van der Waals surface area contributed by atoms with Gasteiger partial charge in [-0.25, -0.2) is 9.97 Å². The maximum Gasteiger partial charge on any atom is 0.306 e. The number of carbonyl (C=O) groups excluding carboxylic acids is 1. The first-order chi connectivity index (χ1) is 17.1. The summed E-state index contributed by atoms with van der Waals surface area (Å²) in [7, 11) is 1.41. The molecule has 0 fully saturated rings. The van der Waals surface area contributed by atoms with Crippen LogP contribution in [-0.4, -0.2) is 42.8 Å². The monoisotopic (exact) mass is 494 g/mol. The topological polar surface area (TPSA) is 85.8 Å². The predicted molar refractivity (Wildman–Crippen MR) is 134 cm³/mol. The lowest BCUT2D eigenvalue weighted by atomic mass is 9.97. The lowest BCUT2D eigenvalue weighted by molar-refractivity contribution is -0.141. The van der Waals surface area contributed by atoms with Gasteiger partial charge in [-0.3, -0.25) is 4.79 Å². The summed E-state index contributed by atoms with van der Waals surface area (Å²) >= 11 is 6.00. The molecule has 1 aromatic heterocycles. The van der Waals surface area contributed by atoms with Crippen molar-refractivity contribution in [2.24, 2.45) is 0 Å². The van der Waals surface area contributed by atoms with Gasteiger partial charge in [0.25, 0.3) is 0 Å². The number of fused-ring (bicyclic) bond motifs is 2. The quantitative estimate of drug-likeness (QED) is 0.424. The van der Waals surface area contributed by atoms with Crippen LogP contribution in [-0.2, 0) is 9.53 Å². The Labute approximate surface area is 209 Å². The Hall–Kier alpha value is -3.52. The molecular formula is C26H27ClN4O4. The van der Waals surface area contributed by atoms with Crippen LogP contribution in [0.1, 0.15) is 42.9 Å². The third-order valence-corrected chi connectivity index (χ3v) is 6.45. The fourth-order valence-corrected chi connectivity index (χ4v) is 4.68. The first kappa shape index (κ1) is 23.2. The minimum atomic E-state index is -0.231. The van der Waals surface area contributed by atoms with E-state index in [9.17, 15) is 4.79 Å². The number of anilines is 3. The molecule has 9 heteroatoms. The summed E-state index contributed by atoms with van der Waals surface area (Å²) in [4.78, 5) is 22.6. The molecular weight excluding hydrogens is 468 g/mol. The van der Waals surface area contributed by atoms with Crippen LogP contribution < -0.4 is 19.7 Å². The number of ether oxygens (including phenoxy) is 3. The number of carbonyl (C=O) groups is 1. The summed E-state index contributed by atoms with van der Waals surface area (Å²) in [6.07, 6.45) is 4.44. The molecule has 35 heavy (non-hydrogen) atoms. The summed E-state index contributed by atoms with van der Waals surface area (Å²) < 4.78 is 16.9. The van der Waals surface area contributed by atoms with Gasteiger partial charge in [-0.2, -0.15) is 0 Å². The fraction of sp³-hybridized carbons (Fsp3) is 0.346. The van der Waals surface area contributed by atoms with E-state index in [-0.39, 0.29) is 17.9 Å². The summed E-state index contributed by atoms with van der Waals surface area (Å²) in [5.74, 6) is 2.00. The van der Waals surface area contributed by atoms with Crippen molar-refractivity contribution in [1.29, 1.82) is 0 Å². The maximum atomic E-state index is 11.7. The van der Waals surface area contributed by atoms with Gasteiger partial charge in [0.05, 0.1) is 49.3 Å². The second-order valence-electron chi connectivity index (χ2n) is 8.60. The van der Waals surface area contributed by atoms with Gasteiger partial charge in [0.1, 0.15) is 18.1 Å². The second kappa shape index (κ2) is 10.00. The van der Waals surface area contributed by atoms with Gasteiger partial charge in [0.15, 0.2) is 0 Å². The fourth-order valence-electron chi connectivity index (χ4n) is 4.58. The molecule has 0 bridgehead atoms. The highest BCUT2D eigenvalue weighted by molar-refractivity contribution is 6.30. The smallest absolute Gasteiger partial charge is 0.306 e. The van der Waals surface area contributed by atoms with Gasteiger partial charge in [-0.1, -0.05) is 36.7 Å². The molecule has 5 rings (SSSR count). The number of para-hydroxylation sites is 1. The molecule has 3 aromatic rings. The van der Waals surface area contributed by atoms with Crippen molar-refractivity contribution in [2.45, 2.75) is 31.7 Å². The second-order valence-corrected chi connectivity index (χ2v) is 9.03. The van der Waals surface area contributed by atoms with Crippen molar-refractivity contribution in [2.75, 3.05) is 37.1 Å². The van der Waals surface area contributed by atoms with Crippen LogP contribution >= 0.6 is 11.6 Å². The first-order valence-electron chi connectivity index (χ1n) is 11.7. The van der Waals surface area contributed by atoms with E-state index in [1.54, 1.807) is 12.4 Å². The minimum absolute atomic E-state index is 0.0178. The highest BCUT2D eigenvalue weighted by Crippen LogP contribution is 2.44. The first-order valence-corrected chi connectivity index (χ1v) is 12.1. The van der Waals surface area contributed by atoms with E-state index in [2.05, 4.69) is 33.2 Å². The number of aromatic nitrogens is 2. The predicted octanol–water partition coefficient (Wildman–Crippen LogP) is 5.26. The van der Waals surface area contributed by atoms with Crippen LogP contribution in [0.25, 0.3) is 0 Å². The maximum absolute atomic E-state index is 11.7. The van der Waals surface area contributed by atoms with Crippen LogP contribution in [0.15, 0.2) is 48.8 Å². The Morgan fingerprint density at radius 3 is 2.77 bits per heavy atom. The highest BCUT2D eigenvalue weighted by Gasteiger charge is 2.31. The number of hydrogen-bond acceptors (Lipinski definition) is 8. The van der Waals surface area contributed by atoms with Gasteiger partial charge in [-0.05, 0) is 18.6 Å². The Bertz CT molecular complexity index is 1220. The number of rotatable bonds is 8. The SMILES string of the molecule is CCCN(c1ncc(Cl)cn1)c1cccc2c1OC[C@H]2Nc1ccc2c(c1)OC[C@H]2CC(=O)OC. The van der Waals surface area contributed by atoms with Crippen molar-refractivity contribution in [3.8, 4) is 11.5 Å². The third-order valence-electron chi connectivity index (χ3n) is 6.26. The zero-order valence-electron chi connectivity index (χ0n) is 19.7. The number of methoxy groups -OCH3 is 1. The van der Waals surface area contributed by atoms with Gasteiger partial charge in [-0.15, -0.1) is 0 Å². The van der Waals surface area contributed by atoms with Crippen LogP contribution in [0.3, 0.4) is 0 Å². The Kier molecular flexibility index (Phi) is 6.63. The Balaban J connectivity index is 1.37. The molecule has 0 amide bonds. The Morgan fingerprint density at radius 1 is 1.17 bits per heavy atom. The largest absolute Gasteiger partial charge is 0.493 e. The van der Waals surface area contributed by atoms with Gasteiger partial charge in [0.2, 0.25) is 5.95 Å². The van der Waals surface area contributed by atoms with Crippen molar-refractivity contribution >= 4 is 34.9 Å². The molecule has 0 radical (unpaired) electrons. The molecule has 0 unspecified atom stereocenters. The van der Waals surface area contributed by atoms with Crippen molar-refractivity contribution in [3.63, 3.8) is 0 Å². The van der Waals surface area contributed by atoms with E-state index in [0.717, 1.165) is 47.0 Å². The number of hydrogen-bond donors (Lipinski definition) is 1. The molecule has 182 valence electrons. The van der Waals surface area contributed by atoms with Gasteiger partial charge >= 0.3 is 5.97 Å². The minimum Gasteiger partial charge on any atom is -0.493 e. The zero-order valence-corrected chi connectivity index (χ0v) is 20.4. The van der Waals surface area contributed by atoms with E-state index in [1.165, 1.54) is 7.11 Å². The molecule has 8 nitrogen and oxygen atoms in total. The molecule has 2 aromatic carbocycles. The molecule has 0 saturated heterocycles.